The zero-order valence-corrected chi connectivity index (χ0v) is 13.6. The number of hydrogen-bond donors (Lipinski definition) is 0. The van der Waals surface area contributed by atoms with E-state index in [1.54, 1.807) is 4.68 Å². The molecule has 0 aliphatic rings. The topological polar surface area (TPSA) is 34.9 Å². The summed E-state index contributed by atoms with van der Waals surface area (Å²) in [4.78, 5) is 12.6. The summed E-state index contributed by atoms with van der Waals surface area (Å²) in [5, 5.41) is 4.46. The molecule has 0 N–H and O–H groups in total. The van der Waals surface area contributed by atoms with Gasteiger partial charge in [0.2, 0.25) is 0 Å². The third-order valence-corrected chi connectivity index (χ3v) is 3.87. The molecule has 0 saturated heterocycles. The second kappa shape index (κ2) is 6.25. The minimum absolute atomic E-state index is 0.0462. The van der Waals surface area contributed by atoms with Gasteiger partial charge in [-0.2, -0.15) is 5.10 Å². The summed E-state index contributed by atoms with van der Waals surface area (Å²) in [6.45, 7) is 10.4. The number of benzene rings is 1. The van der Waals surface area contributed by atoms with Gasteiger partial charge in [0.05, 0.1) is 5.69 Å². The van der Waals surface area contributed by atoms with Crippen LogP contribution in [0.4, 0.5) is 0 Å². The highest BCUT2D eigenvalue weighted by Gasteiger charge is 2.17. The fourth-order valence-electron chi connectivity index (χ4n) is 2.57. The molecule has 0 atom stereocenters. The number of carbonyl (C=O) groups excluding carboxylic acids is 1. The second-order valence-electron chi connectivity index (χ2n) is 6.17. The quantitative estimate of drug-likeness (QED) is 0.847. The number of hydrogen-bond acceptors (Lipinski definition) is 2. The highest BCUT2D eigenvalue weighted by Crippen LogP contribution is 2.19. The van der Waals surface area contributed by atoms with Gasteiger partial charge in [-0.1, -0.05) is 31.5 Å². The zero-order valence-electron chi connectivity index (χ0n) is 13.6. The molecule has 3 nitrogen and oxygen atoms in total. The summed E-state index contributed by atoms with van der Waals surface area (Å²) in [6, 6.07) is 7.66. The van der Waals surface area contributed by atoms with Crippen molar-refractivity contribution in [3.8, 4) is 0 Å². The maximum Gasteiger partial charge on any atom is 0.278 e. The minimum Gasteiger partial charge on any atom is -0.267 e. The maximum atomic E-state index is 12.6. The molecule has 1 aromatic heterocycles. The van der Waals surface area contributed by atoms with Crippen LogP contribution in [-0.2, 0) is 6.42 Å². The first-order valence-corrected chi connectivity index (χ1v) is 7.56. The predicted molar refractivity (Wildman–Crippen MR) is 85.8 cm³/mol. The van der Waals surface area contributed by atoms with Crippen molar-refractivity contribution >= 4 is 5.91 Å². The monoisotopic (exact) mass is 284 g/mol. The minimum atomic E-state index is -0.0462. The lowest BCUT2D eigenvalue weighted by atomic mass is 10.0. The molecular weight excluding hydrogens is 260 g/mol. The Labute approximate surface area is 127 Å². The van der Waals surface area contributed by atoms with Crippen LogP contribution in [0.25, 0.3) is 0 Å². The average Bonchev–Trinajstić information content (AvgIpc) is 2.71. The largest absolute Gasteiger partial charge is 0.278 e. The van der Waals surface area contributed by atoms with Crippen LogP contribution in [0.2, 0.25) is 0 Å². The van der Waals surface area contributed by atoms with E-state index in [0.29, 0.717) is 11.5 Å². The first-order valence-electron chi connectivity index (χ1n) is 7.56. The van der Waals surface area contributed by atoms with Gasteiger partial charge in [0.1, 0.15) is 0 Å². The second-order valence-corrected chi connectivity index (χ2v) is 6.17. The fraction of sp³-hybridized carbons (Fsp3) is 0.444. The lowest BCUT2D eigenvalue weighted by Crippen LogP contribution is -2.15. The van der Waals surface area contributed by atoms with Gasteiger partial charge >= 0.3 is 0 Å². The molecule has 0 radical (unpaired) electrons. The van der Waals surface area contributed by atoms with E-state index >= 15 is 0 Å². The molecule has 3 heteroatoms. The van der Waals surface area contributed by atoms with E-state index in [1.165, 1.54) is 5.56 Å². The van der Waals surface area contributed by atoms with Crippen LogP contribution < -0.4 is 0 Å². The van der Waals surface area contributed by atoms with Crippen molar-refractivity contribution in [2.45, 2.75) is 47.5 Å². The SMILES string of the molecule is Cc1cccc(C(=O)n2nc(C)c(CCC(C)C)c2C)c1. The van der Waals surface area contributed by atoms with Gasteiger partial charge in [0, 0.05) is 11.3 Å². The van der Waals surface area contributed by atoms with Gasteiger partial charge in [-0.25, -0.2) is 4.68 Å². The average molecular weight is 284 g/mol. The van der Waals surface area contributed by atoms with E-state index in [0.717, 1.165) is 29.8 Å². The van der Waals surface area contributed by atoms with Crippen LogP contribution >= 0.6 is 0 Å². The fourth-order valence-corrected chi connectivity index (χ4v) is 2.57. The summed E-state index contributed by atoms with van der Waals surface area (Å²) in [7, 11) is 0. The smallest absolute Gasteiger partial charge is 0.267 e. The van der Waals surface area contributed by atoms with Crippen LogP contribution in [0.15, 0.2) is 24.3 Å². The Bertz CT molecular complexity index is 653. The van der Waals surface area contributed by atoms with Gasteiger partial charge < -0.3 is 0 Å². The van der Waals surface area contributed by atoms with Crippen molar-refractivity contribution in [1.29, 1.82) is 0 Å². The summed E-state index contributed by atoms with van der Waals surface area (Å²) >= 11 is 0. The van der Waals surface area contributed by atoms with E-state index in [2.05, 4.69) is 18.9 Å². The molecule has 0 fully saturated rings. The van der Waals surface area contributed by atoms with Gasteiger partial charge in [0.15, 0.2) is 0 Å². The molecule has 112 valence electrons. The van der Waals surface area contributed by atoms with Gasteiger partial charge in [0.25, 0.3) is 5.91 Å². The summed E-state index contributed by atoms with van der Waals surface area (Å²) in [6.07, 6.45) is 2.10. The molecule has 1 aromatic carbocycles. The van der Waals surface area contributed by atoms with Crippen molar-refractivity contribution in [3.05, 3.63) is 52.3 Å². The number of carbonyl (C=O) groups is 1. The van der Waals surface area contributed by atoms with Crippen molar-refractivity contribution in [1.82, 2.24) is 9.78 Å². The molecular formula is C18H24N2O. The van der Waals surface area contributed by atoms with Gasteiger partial charge in [-0.15, -0.1) is 0 Å². The Hall–Kier alpha value is -1.90. The Kier molecular flexibility index (Phi) is 4.61. The molecule has 1 heterocycles. The van der Waals surface area contributed by atoms with Crippen molar-refractivity contribution in [2.24, 2.45) is 5.92 Å². The Morgan fingerprint density at radius 2 is 1.95 bits per heavy atom. The van der Waals surface area contributed by atoms with Crippen LogP contribution in [0.1, 0.15) is 53.1 Å². The Morgan fingerprint density at radius 1 is 1.24 bits per heavy atom. The first kappa shape index (κ1) is 15.5. The van der Waals surface area contributed by atoms with Crippen LogP contribution in [0, 0.1) is 26.7 Å². The van der Waals surface area contributed by atoms with Gasteiger partial charge in [-0.3, -0.25) is 4.79 Å². The Balaban J connectivity index is 2.32. The van der Waals surface area contributed by atoms with Crippen molar-refractivity contribution < 1.29 is 4.79 Å². The summed E-state index contributed by atoms with van der Waals surface area (Å²) < 4.78 is 1.56. The number of aromatic nitrogens is 2. The molecule has 0 amide bonds. The normalized spacial score (nSPS) is 11.1. The zero-order chi connectivity index (χ0) is 15.6. The predicted octanol–water partition coefficient (Wildman–Crippen LogP) is 4.09. The van der Waals surface area contributed by atoms with Crippen molar-refractivity contribution in [2.75, 3.05) is 0 Å². The molecule has 2 aromatic rings. The van der Waals surface area contributed by atoms with Crippen LogP contribution in [0.3, 0.4) is 0 Å². The standard InChI is InChI=1S/C18H24N2O/c1-12(2)9-10-17-14(4)19-20(15(17)5)18(21)16-8-6-7-13(3)11-16/h6-8,11-12H,9-10H2,1-5H3. The number of nitrogens with zero attached hydrogens (tertiary/aromatic N) is 2. The molecule has 2 rings (SSSR count). The van der Waals surface area contributed by atoms with Gasteiger partial charge in [-0.05, 0) is 57.2 Å². The highest BCUT2D eigenvalue weighted by atomic mass is 16.2. The first-order chi connectivity index (χ1) is 9.90. The van der Waals surface area contributed by atoms with E-state index in [1.807, 2.05) is 45.0 Å². The third-order valence-electron chi connectivity index (χ3n) is 3.87. The van der Waals surface area contributed by atoms with Crippen molar-refractivity contribution in [3.63, 3.8) is 0 Å². The van der Waals surface area contributed by atoms with E-state index in [-0.39, 0.29) is 5.91 Å². The van der Waals surface area contributed by atoms with E-state index < -0.39 is 0 Å². The number of aryl methyl sites for hydroxylation is 2. The van der Waals surface area contributed by atoms with Crippen LogP contribution in [-0.4, -0.2) is 15.7 Å². The van der Waals surface area contributed by atoms with E-state index in [4.69, 9.17) is 0 Å². The van der Waals surface area contributed by atoms with Crippen LogP contribution in [0.5, 0.6) is 0 Å². The third kappa shape index (κ3) is 3.41. The molecule has 0 unspecified atom stereocenters. The molecule has 0 spiro atoms. The maximum absolute atomic E-state index is 12.6. The molecule has 0 saturated carbocycles. The lowest BCUT2D eigenvalue weighted by Gasteiger charge is -2.06. The molecule has 0 bridgehead atoms. The summed E-state index contributed by atoms with van der Waals surface area (Å²) in [5.74, 6) is 0.606. The Morgan fingerprint density at radius 3 is 2.57 bits per heavy atom. The summed E-state index contributed by atoms with van der Waals surface area (Å²) in [5.41, 5.74) is 4.93. The highest BCUT2D eigenvalue weighted by molar-refractivity contribution is 5.96. The molecule has 0 aliphatic heterocycles. The molecule has 0 aliphatic carbocycles. The number of rotatable bonds is 4. The molecule has 21 heavy (non-hydrogen) atoms. The lowest BCUT2D eigenvalue weighted by molar-refractivity contribution is 0.0942. The van der Waals surface area contributed by atoms with E-state index in [9.17, 15) is 4.79 Å².